The summed E-state index contributed by atoms with van der Waals surface area (Å²) >= 11 is 0. The molecule has 0 fully saturated rings. The molecular weight excluding hydrogens is 342 g/mol. The van der Waals surface area contributed by atoms with Crippen molar-refractivity contribution >= 4 is 5.91 Å². The first-order valence-corrected chi connectivity index (χ1v) is 8.75. The normalized spacial score (nSPS) is 11.7. The quantitative estimate of drug-likeness (QED) is 0.592. The van der Waals surface area contributed by atoms with Gasteiger partial charge < -0.3 is 14.8 Å². The molecule has 0 saturated carbocycles. The Morgan fingerprint density at radius 1 is 1.15 bits per heavy atom. The van der Waals surface area contributed by atoms with Crippen LogP contribution >= 0.6 is 0 Å². The molecule has 1 N–H and O–H groups in total. The van der Waals surface area contributed by atoms with Crippen molar-refractivity contribution in [2.75, 3.05) is 14.2 Å². The molecule has 6 heteroatoms. The second-order valence-corrected chi connectivity index (χ2v) is 6.51. The first kappa shape index (κ1) is 17.1. The van der Waals surface area contributed by atoms with E-state index in [2.05, 4.69) is 10.4 Å². The van der Waals surface area contributed by atoms with Gasteiger partial charge in [-0.2, -0.15) is 5.10 Å². The van der Waals surface area contributed by atoms with Gasteiger partial charge in [-0.1, -0.05) is 30.3 Å². The van der Waals surface area contributed by atoms with E-state index in [1.807, 2.05) is 49.5 Å². The lowest BCUT2D eigenvalue weighted by molar-refractivity contribution is 0.0944. The number of rotatable bonds is 5. The highest BCUT2D eigenvalue weighted by atomic mass is 16.5. The molecule has 0 atom stereocenters. The van der Waals surface area contributed by atoms with Crippen molar-refractivity contribution in [2.45, 2.75) is 13.0 Å². The van der Waals surface area contributed by atoms with Crippen LogP contribution in [0.4, 0.5) is 0 Å². The molecule has 4 rings (SSSR count). The van der Waals surface area contributed by atoms with E-state index in [1.165, 1.54) is 0 Å². The van der Waals surface area contributed by atoms with Gasteiger partial charge in [-0.05, 0) is 23.3 Å². The van der Waals surface area contributed by atoms with Gasteiger partial charge in [0, 0.05) is 31.1 Å². The third-order valence-corrected chi connectivity index (χ3v) is 4.89. The molecule has 138 valence electrons. The fourth-order valence-corrected chi connectivity index (χ4v) is 3.59. The van der Waals surface area contributed by atoms with Crippen LogP contribution in [0.3, 0.4) is 0 Å². The van der Waals surface area contributed by atoms with Gasteiger partial charge in [0.25, 0.3) is 5.91 Å². The number of fused-ring (bicyclic) bond motifs is 3. The van der Waals surface area contributed by atoms with Gasteiger partial charge in [-0.25, -0.2) is 0 Å². The molecule has 2 aromatic carbocycles. The maximum Gasteiger partial charge on any atom is 0.272 e. The van der Waals surface area contributed by atoms with Gasteiger partial charge in [0.05, 0.1) is 19.9 Å². The van der Waals surface area contributed by atoms with Crippen LogP contribution < -0.4 is 14.8 Å². The van der Waals surface area contributed by atoms with Gasteiger partial charge in [-0.15, -0.1) is 0 Å². The van der Waals surface area contributed by atoms with Crippen LogP contribution in [0, 0.1) is 0 Å². The molecule has 0 spiro atoms. The summed E-state index contributed by atoms with van der Waals surface area (Å²) in [5.41, 5.74) is 5.55. The average Bonchev–Trinajstić information content (AvgIpc) is 3.22. The summed E-state index contributed by atoms with van der Waals surface area (Å²) in [6.07, 6.45) is 0.646. The van der Waals surface area contributed by atoms with Crippen molar-refractivity contribution in [3.63, 3.8) is 0 Å². The number of benzene rings is 2. The van der Waals surface area contributed by atoms with E-state index in [4.69, 9.17) is 9.47 Å². The number of ether oxygens (including phenoxy) is 2. The Morgan fingerprint density at radius 2 is 1.85 bits per heavy atom. The average molecular weight is 363 g/mol. The molecule has 1 aliphatic carbocycles. The molecule has 0 radical (unpaired) electrons. The number of methoxy groups -OCH3 is 2. The largest absolute Gasteiger partial charge is 0.493 e. The van der Waals surface area contributed by atoms with Gasteiger partial charge in [0.1, 0.15) is 0 Å². The van der Waals surface area contributed by atoms with Crippen LogP contribution in [0.5, 0.6) is 11.5 Å². The minimum absolute atomic E-state index is 0.164. The predicted molar refractivity (Wildman–Crippen MR) is 102 cm³/mol. The van der Waals surface area contributed by atoms with Gasteiger partial charge >= 0.3 is 0 Å². The van der Waals surface area contributed by atoms with Crippen LogP contribution in [-0.4, -0.2) is 29.9 Å². The van der Waals surface area contributed by atoms with Gasteiger partial charge in [0.15, 0.2) is 17.2 Å². The standard InChI is InChI=1S/C21H21N3O3/c1-24-20-15-11-18(27-3)17(26-2)10-14(15)9-16(20)19(23-24)21(25)22-12-13-7-5-4-6-8-13/h4-8,10-11H,9,12H2,1-3H3,(H,22,25). The second-order valence-electron chi connectivity index (χ2n) is 6.51. The predicted octanol–water partition coefficient (Wildman–Crippen LogP) is 2.94. The summed E-state index contributed by atoms with van der Waals surface area (Å²) < 4.78 is 12.6. The van der Waals surface area contributed by atoms with E-state index < -0.39 is 0 Å². The third kappa shape index (κ3) is 2.93. The van der Waals surface area contributed by atoms with Crippen molar-refractivity contribution in [2.24, 2.45) is 7.05 Å². The maximum absolute atomic E-state index is 12.8. The molecular formula is C21H21N3O3. The number of nitrogens with one attached hydrogen (secondary N) is 1. The lowest BCUT2D eigenvalue weighted by Gasteiger charge is -2.11. The molecule has 0 aliphatic heterocycles. The molecule has 1 heterocycles. The number of carbonyl (C=O) groups is 1. The van der Waals surface area contributed by atoms with Crippen LogP contribution in [-0.2, 0) is 20.0 Å². The van der Waals surface area contributed by atoms with Crippen LogP contribution in [0.2, 0.25) is 0 Å². The van der Waals surface area contributed by atoms with E-state index in [1.54, 1.807) is 18.9 Å². The summed E-state index contributed by atoms with van der Waals surface area (Å²) in [5, 5.41) is 7.44. The Hall–Kier alpha value is -3.28. The van der Waals surface area contributed by atoms with Crippen LogP contribution in [0.1, 0.15) is 27.2 Å². The number of carbonyl (C=O) groups excluding carboxylic acids is 1. The Bertz CT molecular complexity index is 1010. The van der Waals surface area contributed by atoms with Crippen molar-refractivity contribution in [3.8, 4) is 22.8 Å². The second kappa shape index (κ2) is 6.79. The first-order chi connectivity index (χ1) is 13.1. The third-order valence-electron chi connectivity index (χ3n) is 4.89. The van der Waals surface area contributed by atoms with E-state index in [9.17, 15) is 4.79 Å². The molecule has 3 aromatic rings. The summed E-state index contributed by atoms with van der Waals surface area (Å²) in [6, 6.07) is 13.8. The van der Waals surface area contributed by atoms with E-state index in [-0.39, 0.29) is 5.91 Å². The van der Waals surface area contributed by atoms with E-state index >= 15 is 0 Å². The SMILES string of the molecule is COc1cc2c(cc1OC)-c1c(c(C(=O)NCc3ccccc3)nn1C)C2. The Kier molecular flexibility index (Phi) is 4.32. The molecule has 0 unspecified atom stereocenters. The fourth-order valence-electron chi connectivity index (χ4n) is 3.59. The van der Waals surface area contributed by atoms with Crippen molar-refractivity contribution in [3.05, 3.63) is 64.8 Å². The van der Waals surface area contributed by atoms with Crippen LogP contribution in [0.25, 0.3) is 11.3 Å². The van der Waals surface area contributed by atoms with E-state index in [0.29, 0.717) is 30.2 Å². The van der Waals surface area contributed by atoms with Crippen molar-refractivity contribution in [1.82, 2.24) is 15.1 Å². The van der Waals surface area contributed by atoms with Gasteiger partial charge in [0.2, 0.25) is 0 Å². The van der Waals surface area contributed by atoms with Crippen molar-refractivity contribution in [1.29, 1.82) is 0 Å². The number of hydrogen-bond donors (Lipinski definition) is 1. The molecule has 0 saturated heterocycles. The monoisotopic (exact) mass is 363 g/mol. The van der Waals surface area contributed by atoms with Crippen molar-refractivity contribution < 1.29 is 14.3 Å². The summed E-state index contributed by atoms with van der Waals surface area (Å²) in [4.78, 5) is 12.8. The number of hydrogen-bond acceptors (Lipinski definition) is 4. The lowest BCUT2D eigenvalue weighted by atomic mass is 10.1. The highest BCUT2D eigenvalue weighted by Crippen LogP contribution is 2.43. The molecule has 1 aromatic heterocycles. The molecule has 27 heavy (non-hydrogen) atoms. The maximum atomic E-state index is 12.8. The zero-order valence-corrected chi connectivity index (χ0v) is 15.6. The minimum atomic E-state index is -0.164. The lowest BCUT2D eigenvalue weighted by Crippen LogP contribution is -2.24. The number of aromatic nitrogens is 2. The Morgan fingerprint density at radius 3 is 2.56 bits per heavy atom. The highest BCUT2D eigenvalue weighted by Gasteiger charge is 2.30. The van der Waals surface area contributed by atoms with E-state index in [0.717, 1.165) is 27.9 Å². The highest BCUT2D eigenvalue weighted by molar-refractivity contribution is 5.97. The number of amides is 1. The Balaban J connectivity index is 1.64. The summed E-state index contributed by atoms with van der Waals surface area (Å²) in [7, 11) is 5.10. The molecule has 6 nitrogen and oxygen atoms in total. The summed E-state index contributed by atoms with van der Waals surface area (Å²) in [6.45, 7) is 0.472. The first-order valence-electron chi connectivity index (χ1n) is 8.75. The molecule has 1 amide bonds. The van der Waals surface area contributed by atoms with Crippen LogP contribution in [0.15, 0.2) is 42.5 Å². The smallest absolute Gasteiger partial charge is 0.272 e. The van der Waals surface area contributed by atoms with Gasteiger partial charge in [-0.3, -0.25) is 9.48 Å². The topological polar surface area (TPSA) is 65.4 Å². The molecule has 1 aliphatic rings. The fraction of sp³-hybridized carbons (Fsp3) is 0.238. The zero-order valence-electron chi connectivity index (χ0n) is 15.6. The zero-order chi connectivity index (χ0) is 19.0. The Labute approximate surface area is 157 Å². The summed E-state index contributed by atoms with van der Waals surface area (Å²) in [5.74, 6) is 1.19. The number of aryl methyl sites for hydroxylation is 1. The number of nitrogens with zero attached hydrogens (tertiary/aromatic N) is 2. The molecule has 0 bridgehead atoms. The minimum Gasteiger partial charge on any atom is -0.493 e.